The first-order valence-corrected chi connectivity index (χ1v) is 9.99. The molecule has 3 heterocycles. The van der Waals surface area contributed by atoms with Crippen molar-refractivity contribution in [2.45, 2.75) is 19.3 Å². The summed E-state index contributed by atoms with van der Waals surface area (Å²) in [5, 5.41) is 18.3. The number of para-hydroxylation sites is 1. The number of nitrogens with zero attached hydrogens (tertiary/aromatic N) is 3. The second-order valence-corrected chi connectivity index (χ2v) is 7.97. The van der Waals surface area contributed by atoms with Gasteiger partial charge in [-0.3, -0.25) is 4.79 Å². The fraction of sp³-hybridized carbons (Fsp3) is 0.190. The summed E-state index contributed by atoms with van der Waals surface area (Å²) in [5.74, 6) is 0.827. The zero-order valence-electron chi connectivity index (χ0n) is 15.8. The Morgan fingerprint density at radius 3 is 2.90 bits per heavy atom. The quantitative estimate of drug-likeness (QED) is 0.537. The summed E-state index contributed by atoms with van der Waals surface area (Å²) in [5.41, 5.74) is 3.58. The van der Waals surface area contributed by atoms with E-state index in [0.29, 0.717) is 23.1 Å². The molecule has 1 aliphatic rings. The number of aryl methyl sites for hydroxylation is 1. The number of hydrogen-bond donors (Lipinski definition) is 2. The number of hydrogen-bond acceptors (Lipinski definition) is 6. The van der Waals surface area contributed by atoms with Crippen LogP contribution in [0.25, 0.3) is 15.3 Å². The van der Waals surface area contributed by atoms with Crippen LogP contribution in [0.5, 0.6) is 11.5 Å². The van der Waals surface area contributed by atoms with Crippen LogP contribution >= 0.6 is 11.3 Å². The minimum Gasteiger partial charge on any atom is -0.504 e. The highest BCUT2D eigenvalue weighted by atomic mass is 32.1. The summed E-state index contributed by atoms with van der Waals surface area (Å²) in [6.45, 7) is 1.94. The van der Waals surface area contributed by atoms with Crippen molar-refractivity contribution in [3.63, 3.8) is 0 Å². The lowest BCUT2D eigenvalue weighted by Crippen LogP contribution is -2.24. The standard InChI is InChI=1S/C21H18N4O3S/c1-11-19-13(12-7-8-15(26)16(9-12)28-2)10-18(27)23-20(19)25(24-11)21-22-14-5-3-4-6-17(14)29-21/h3-9,13,26H,10H2,1-2H3,(H,23,27). The Bertz CT molecular complexity index is 1230. The highest BCUT2D eigenvalue weighted by molar-refractivity contribution is 7.20. The third-order valence-corrected chi connectivity index (χ3v) is 6.18. The van der Waals surface area contributed by atoms with Gasteiger partial charge < -0.3 is 15.2 Å². The SMILES string of the molecule is COc1cc(C2CC(=O)Nc3c2c(C)nn3-c2nc3ccccc3s2)ccc1O. The molecular formula is C21H18N4O3S. The van der Waals surface area contributed by atoms with Crippen molar-refractivity contribution >= 4 is 33.3 Å². The number of methoxy groups -OCH3 is 1. The van der Waals surface area contributed by atoms with Gasteiger partial charge in [-0.2, -0.15) is 9.78 Å². The van der Waals surface area contributed by atoms with Gasteiger partial charge in [0.05, 0.1) is 23.0 Å². The van der Waals surface area contributed by atoms with E-state index >= 15 is 0 Å². The Hall–Kier alpha value is -3.39. The maximum Gasteiger partial charge on any atom is 0.226 e. The Morgan fingerprint density at radius 2 is 2.10 bits per heavy atom. The number of ether oxygens (including phenoxy) is 1. The molecule has 0 bridgehead atoms. The van der Waals surface area contributed by atoms with Gasteiger partial charge in [0.2, 0.25) is 11.0 Å². The first-order valence-electron chi connectivity index (χ1n) is 9.17. The van der Waals surface area contributed by atoms with Crippen LogP contribution in [0.3, 0.4) is 0 Å². The maximum atomic E-state index is 12.5. The van der Waals surface area contributed by atoms with Crippen molar-refractivity contribution in [2.75, 3.05) is 12.4 Å². The van der Waals surface area contributed by atoms with Crippen LogP contribution in [0.4, 0.5) is 5.82 Å². The summed E-state index contributed by atoms with van der Waals surface area (Å²) in [6.07, 6.45) is 0.299. The summed E-state index contributed by atoms with van der Waals surface area (Å²) in [4.78, 5) is 17.2. The van der Waals surface area contributed by atoms with Crippen molar-refractivity contribution in [3.05, 3.63) is 59.3 Å². The van der Waals surface area contributed by atoms with Gasteiger partial charge in [-0.05, 0) is 36.8 Å². The van der Waals surface area contributed by atoms with E-state index in [1.54, 1.807) is 16.8 Å². The Morgan fingerprint density at radius 1 is 1.28 bits per heavy atom. The Balaban J connectivity index is 1.66. The Labute approximate surface area is 170 Å². The maximum absolute atomic E-state index is 12.5. The predicted octanol–water partition coefficient (Wildman–Crippen LogP) is 3.98. The smallest absolute Gasteiger partial charge is 0.226 e. The van der Waals surface area contributed by atoms with E-state index in [2.05, 4.69) is 10.3 Å². The molecule has 1 unspecified atom stereocenters. The molecule has 1 atom stereocenters. The first-order chi connectivity index (χ1) is 14.0. The lowest BCUT2D eigenvalue weighted by Gasteiger charge is -2.24. The van der Waals surface area contributed by atoms with E-state index in [1.165, 1.54) is 18.4 Å². The summed E-state index contributed by atoms with van der Waals surface area (Å²) in [7, 11) is 1.51. The normalized spacial score (nSPS) is 15.9. The number of amides is 1. The fourth-order valence-corrected chi connectivity index (χ4v) is 4.76. The van der Waals surface area contributed by atoms with Crippen LogP contribution in [0, 0.1) is 6.92 Å². The zero-order valence-corrected chi connectivity index (χ0v) is 16.7. The monoisotopic (exact) mass is 406 g/mol. The van der Waals surface area contributed by atoms with Gasteiger partial charge in [0.1, 0.15) is 5.82 Å². The number of phenols is 1. The third kappa shape index (κ3) is 2.84. The summed E-state index contributed by atoms with van der Waals surface area (Å²) in [6, 6.07) is 13.1. The molecule has 0 fully saturated rings. The highest BCUT2D eigenvalue weighted by Crippen LogP contribution is 2.42. The molecular weight excluding hydrogens is 388 g/mol. The second kappa shape index (κ2) is 6.59. The first kappa shape index (κ1) is 17.7. The van der Waals surface area contributed by atoms with Gasteiger partial charge in [-0.25, -0.2) is 4.98 Å². The van der Waals surface area contributed by atoms with Crippen LogP contribution in [0.1, 0.15) is 29.2 Å². The number of anilines is 1. The number of phenolic OH excluding ortho intramolecular Hbond substituents is 1. The van der Waals surface area contributed by atoms with Crippen molar-refractivity contribution < 1.29 is 14.6 Å². The molecule has 0 spiro atoms. The van der Waals surface area contributed by atoms with Gasteiger partial charge in [0.15, 0.2) is 11.5 Å². The lowest BCUT2D eigenvalue weighted by atomic mass is 9.85. The summed E-state index contributed by atoms with van der Waals surface area (Å²) >= 11 is 1.53. The molecule has 1 amide bonds. The number of fused-ring (bicyclic) bond motifs is 2. The molecule has 8 heteroatoms. The molecule has 7 nitrogen and oxygen atoms in total. The number of aromatic nitrogens is 3. The molecule has 0 aliphatic carbocycles. The van der Waals surface area contributed by atoms with Gasteiger partial charge in [0.25, 0.3) is 0 Å². The van der Waals surface area contributed by atoms with Crippen molar-refractivity contribution in [1.29, 1.82) is 0 Å². The van der Waals surface area contributed by atoms with E-state index in [0.717, 1.165) is 27.0 Å². The van der Waals surface area contributed by atoms with Gasteiger partial charge in [-0.15, -0.1) is 0 Å². The molecule has 2 N–H and O–H groups in total. The molecule has 1 aliphatic heterocycles. The fourth-order valence-electron chi connectivity index (χ4n) is 3.83. The van der Waals surface area contributed by atoms with Gasteiger partial charge in [-0.1, -0.05) is 29.5 Å². The van der Waals surface area contributed by atoms with Crippen molar-refractivity contribution in [3.8, 4) is 16.6 Å². The number of nitrogens with one attached hydrogen (secondary N) is 1. The average molecular weight is 406 g/mol. The highest BCUT2D eigenvalue weighted by Gasteiger charge is 2.33. The molecule has 0 saturated carbocycles. The molecule has 2 aromatic heterocycles. The van der Waals surface area contributed by atoms with Crippen LogP contribution in [-0.2, 0) is 4.79 Å². The number of thiazole rings is 1. The van der Waals surface area contributed by atoms with Gasteiger partial charge in [0, 0.05) is 17.9 Å². The number of benzene rings is 2. The van der Waals surface area contributed by atoms with E-state index in [1.807, 2.05) is 37.3 Å². The van der Waals surface area contributed by atoms with Crippen molar-refractivity contribution in [2.24, 2.45) is 0 Å². The van der Waals surface area contributed by atoms with E-state index < -0.39 is 0 Å². The number of rotatable bonds is 3. The minimum absolute atomic E-state index is 0.0682. The molecule has 29 heavy (non-hydrogen) atoms. The Kier molecular flexibility index (Phi) is 4.02. The molecule has 146 valence electrons. The van der Waals surface area contributed by atoms with E-state index in [-0.39, 0.29) is 17.6 Å². The largest absolute Gasteiger partial charge is 0.504 e. The van der Waals surface area contributed by atoms with Gasteiger partial charge >= 0.3 is 0 Å². The van der Waals surface area contributed by atoms with Crippen LogP contribution in [0.15, 0.2) is 42.5 Å². The molecule has 0 saturated heterocycles. The van der Waals surface area contributed by atoms with Crippen LogP contribution in [-0.4, -0.2) is 32.9 Å². The number of aromatic hydroxyl groups is 1. The molecule has 5 rings (SSSR count). The van der Waals surface area contributed by atoms with Crippen LogP contribution in [0.2, 0.25) is 0 Å². The third-order valence-electron chi connectivity index (χ3n) is 5.17. The van der Waals surface area contributed by atoms with E-state index in [4.69, 9.17) is 9.84 Å². The number of carbonyl (C=O) groups excluding carboxylic acids is 1. The second-order valence-electron chi connectivity index (χ2n) is 6.96. The molecule has 2 aromatic carbocycles. The zero-order chi connectivity index (χ0) is 20.1. The topological polar surface area (TPSA) is 89.3 Å². The molecule has 4 aromatic rings. The van der Waals surface area contributed by atoms with Crippen LogP contribution < -0.4 is 10.1 Å². The average Bonchev–Trinajstić information content (AvgIpc) is 3.29. The van der Waals surface area contributed by atoms with Crippen molar-refractivity contribution in [1.82, 2.24) is 14.8 Å². The summed E-state index contributed by atoms with van der Waals surface area (Å²) < 4.78 is 8.03. The number of carbonyl (C=O) groups is 1. The van der Waals surface area contributed by atoms with E-state index in [9.17, 15) is 9.90 Å². The lowest BCUT2D eigenvalue weighted by molar-refractivity contribution is -0.116. The minimum atomic E-state index is -0.184. The predicted molar refractivity (Wildman–Crippen MR) is 111 cm³/mol. The molecule has 0 radical (unpaired) electrons.